The van der Waals surface area contributed by atoms with E-state index in [9.17, 15) is 4.79 Å². The third kappa shape index (κ3) is 10.1. The van der Waals surface area contributed by atoms with E-state index in [-0.39, 0.29) is 0 Å². The Morgan fingerprint density at radius 1 is 1.00 bits per heavy atom. The van der Waals surface area contributed by atoms with Gasteiger partial charge in [-0.15, -0.1) is 0 Å². The summed E-state index contributed by atoms with van der Waals surface area (Å²) in [7, 11) is 3.00. The van der Waals surface area contributed by atoms with Gasteiger partial charge in [-0.3, -0.25) is 4.84 Å². The minimum atomic E-state index is -0.414. The van der Waals surface area contributed by atoms with Crippen LogP contribution in [0.1, 0.15) is 71.6 Å². The molecule has 20 heavy (non-hydrogen) atoms. The van der Waals surface area contributed by atoms with Crippen LogP contribution >= 0.6 is 0 Å². The maximum Gasteiger partial charge on any atom is 0.433 e. The predicted molar refractivity (Wildman–Crippen MR) is 82.5 cm³/mol. The lowest BCUT2D eigenvalue weighted by molar-refractivity contribution is -0.0906. The van der Waals surface area contributed by atoms with Gasteiger partial charge in [0.1, 0.15) is 0 Å². The second kappa shape index (κ2) is 13.2. The summed E-state index contributed by atoms with van der Waals surface area (Å²) in [6.07, 6.45) is 10.9. The van der Waals surface area contributed by atoms with Crippen molar-refractivity contribution in [2.45, 2.75) is 71.6 Å². The first kappa shape index (κ1) is 19.2. The Kier molecular flexibility index (Phi) is 12.7. The molecule has 0 aliphatic heterocycles. The van der Waals surface area contributed by atoms with Gasteiger partial charge < -0.3 is 4.74 Å². The summed E-state index contributed by atoms with van der Waals surface area (Å²) in [5, 5.41) is 1.11. The molecule has 0 spiro atoms. The first-order valence-electron chi connectivity index (χ1n) is 8.10. The standard InChI is InChI=1S/C16H33NO3/c1-5-7-8-9-12-15(11-6-2)13-10-14-20-16(18)17(3)19-4/h15H,5-14H2,1-4H3. The molecule has 0 aromatic carbocycles. The van der Waals surface area contributed by atoms with Gasteiger partial charge in [-0.2, -0.15) is 5.06 Å². The highest BCUT2D eigenvalue weighted by atomic mass is 16.7. The Bertz CT molecular complexity index is 234. The summed E-state index contributed by atoms with van der Waals surface area (Å²) in [4.78, 5) is 16.1. The number of nitrogens with zero attached hydrogens (tertiary/aromatic N) is 1. The number of rotatable bonds is 12. The number of hydroxylamine groups is 2. The lowest BCUT2D eigenvalue weighted by atomic mass is 9.92. The van der Waals surface area contributed by atoms with Gasteiger partial charge in [0.25, 0.3) is 0 Å². The molecule has 120 valence electrons. The maximum atomic E-state index is 11.4. The molecule has 0 heterocycles. The third-order valence-electron chi connectivity index (χ3n) is 3.68. The van der Waals surface area contributed by atoms with Crippen molar-refractivity contribution in [3.05, 3.63) is 0 Å². The van der Waals surface area contributed by atoms with Crippen LogP contribution in [-0.2, 0) is 9.57 Å². The summed E-state index contributed by atoms with van der Waals surface area (Å²) >= 11 is 0. The topological polar surface area (TPSA) is 38.8 Å². The van der Waals surface area contributed by atoms with E-state index in [1.165, 1.54) is 52.1 Å². The minimum Gasteiger partial charge on any atom is -0.448 e. The number of carbonyl (C=O) groups excluding carboxylic acids is 1. The van der Waals surface area contributed by atoms with Crippen molar-refractivity contribution in [3.63, 3.8) is 0 Å². The van der Waals surface area contributed by atoms with E-state index < -0.39 is 6.09 Å². The van der Waals surface area contributed by atoms with Gasteiger partial charge in [0, 0.05) is 7.05 Å². The van der Waals surface area contributed by atoms with Crippen LogP contribution in [0.4, 0.5) is 4.79 Å². The van der Waals surface area contributed by atoms with Crippen LogP contribution in [0.5, 0.6) is 0 Å². The molecule has 1 amide bonds. The third-order valence-corrected chi connectivity index (χ3v) is 3.68. The largest absolute Gasteiger partial charge is 0.448 e. The molecule has 4 nitrogen and oxygen atoms in total. The number of hydrogen-bond donors (Lipinski definition) is 0. The van der Waals surface area contributed by atoms with E-state index in [0.717, 1.165) is 23.8 Å². The Balaban J connectivity index is 3.71. The van der Waals surface area contributed by atoms with E-state index in [2.05, 4.69) is 13.8 Å². The number of amides is 1. The molecule has 0 aliphatic rings. The Hall–Kier alpha value is -0.770. The average Bonchev–Trinajstić information content (AvgIpc) is 2.46. The Morgan fingerprint density at radius 2 is 1.70 bits per heavy atom. The minimum absolute atomic E-state index is 0.414. The van der Waals surface area contributed by atoms with Gasteiger partial charge in [0.15, 0.2) is 0 Å². The molecule has 4 heteroatoms. The van der Waals surface area contributed by atoms with Gasteiger partial charge in [0.2, 0.25) is 0 Å². The van der Waals surface area contributed by atoms with Crippen LogP contribution in [0.15, 0.2) is 0 Å². The average molecular weight is 287 g/mol. The zero-order chi connectivity index (χ0) is 15.2. The van der Waals surface area contributed by atoms with Crippen molar-refractivity contribution in [3.8, 4) is 0 Å². The maximum absolute atomic E-state index is 11.4. The van der Waals surface area contributed by atoms with Crippen molar-refractivity contribution in [1.82, 2.24) is 5.06 Å². The first-order chi connectivity index (χ1) is 9.65. The molecule has 0 saturated carbocycles. The molecular formula is C16H33NO3. The smallest absolute Gasteiger partial charge is 0.433 e. The zero-order valence-corrected chi connectivity index (χ0v) is 13.8. The summed E-state index contributed by atoms with van der Waals surface area (Å²) < 4.78 is 5.13. The molecular weight excluding hydrogens is 254 g/mol. The Morgan fingerprint density at radius 3 is 2.30 bits per heavy atom. The fourth-order valence-corrected chi connectivity index (χ4v) is 2.40. The second-order valence-electron chi connectivity index (χ2n) is 5.44. The van der Waals surface area contributed by atoms with E-state index in [4.69, 9.17) is 9.57 Å². The zero-order valence-electron chi connectivity index (χ0n) is 13.8. The van der Waals surface area contributed by atoms with Gasteiger partial charge in [0.05, 0.1) is 13.7 Å². The van der Waals surface area contributed by atoms with Crippen molar-refractivity contribution in [2.24, 2.45) is 5.92 Å². The second-order valence-corrected chi connectivity index (χ2v) is 5.44. The normalized spacial score (nSPS) is 12.2. The highest BCUT2D eigenvalue weighted by molar-refractivity contribution is 5.65. The lowest BCUT2D eigenvalue weighted by Gasteiger charge is -2.17. The van der Waals surface area contributed by atoms with Crippen LogP contribution in [-0.4, -0.2) is 31.9 Å². The van der Waals surface area contributed by atoms with Crippen molar-refractivity contribution < 1.29 is 14.4 Å². The van der Waals surface area contributed by atoms with Crippen LogP contribution in [0, 0.1) is 5.92 Å². The fraction of sp³-hybridized carbons (Fsp3) is 0.938. The molecule has 0 N–H and O–H groups in total. The highest BCUT2D eigenvalue weighted by Gasteiger charge is 2.10. The van der Waals surface area contributed by atoms with E-state index in [1.54, 1.807) is 7.05 Å². The highest BCUT2D eigenvalue weighted by Crippen LogP contribution is 2.21. The van der Waals surface area contributed by atoms with Gasteiger partial charge in [-0.1, -0.05) is 58.8 Å². The number of carbonyl (C=O) groups is 1. The van der Waals surface area contributed by atoms with Crippen LogP contribution in [0.2, 0.25) is 0 Å². The van der Waals surface area contributed by atoms with E-state index in [0.29, 0.717) is 6.61 Å². The molecule has 0 saturated heterocycles. The lowest BCUT2D eigenvalue weighted by Crippen LogP contribution is -2.26. The molecule has 1 atom stereocenters. The number of hydrogen-bond acceptors (Lipinski definition) is 3. The molecule has 0 rings (SSSR count). The van der Waals surface area contributed by atoms with Crippen molar-refractivity contribution in [1.29, 1.82) is 0 Å². The summed E-state index contributed by atoms with van der Waals surface area (Å²) in [5.41, 5.74) is 0. The molecule has 0 radical (unpaired) electrons. The SMILES string of the molecule is CCCCCCC(CCC)CCCOC(=O)N(C)OC. The predicted octanol–water partition coefficient (Wildman–Crippen LogP) is 4.78. The first-order valence-corrected chi connectivity index (χ1v) is 8.10. The van der Waals surface area contributed by atoms with Crippen LogP contribution in [0.3, 0.4) is 0 Å². The molecule has 0 bridgehead atoms. The van der Waals surface area contributed by atoms with Crippen molar-refractivity contribution >= 4 is 6.09 Å². The van der Waals surface area contributed by atoms with E-state index in [1.807, 2.05) is 0 Å². The van der Waals surface area contributed by atoms with Crippen molar-refractivity contribution in [2.75, 3.05) is 20.8 Å². The van der Waals surface area contributed by atoms with E-state index >= 15 is 0 Å². The molecule has 0 fully saturated rings. The monoisotopic (exact) mass is 287 g/mol. The molecule has 1 unspecified atom stereocenters. The molecule has 0 aromatic heterocycles. The molecule has 0 aromatic rings. The van der Waals surface area contributed by atoms with Crippen LogP contribution < -0.4 is 0 Å². The fourth-order valence-electron chi connectivity index (χ4n) is 2.40. The van der Waals surface area contributed by atoms with Gasteiger partial charge in [-0.05, 0) is 18.8 Å². The van der Waals surface area contributed by atoms with Gasteiger partial charge >= 0.3 is 6.09 Å². The van der Waals surface area contributed by atoms with Crippen LogP contribution in [0.25, 0.3) is 0 Å². The number of unbranched alkanes of at least 4 members (excludes halogenated alkanes) is 3. The quantitative estimate of drug-likeness (QED) is 0.383. The molecule has 0 aliphatic carbocycles. The summed E-state index contributed by atoms with van der Waals surface area (Å²) in [5.74, 6) is 0.788. The van der Waals surface area contributed by atoms with Gasteiger partial charge in [-0.25, -0.2) is 4.79 Å². The summed E-state index contributed by atoms with van der Waals surface area (Å²) in [6.45, 7) is 4.98. The summed E-state index contributed by atoms with van der Waals surface area (Å²) in [6, 6.07) is 0. The number of ether oxygens (including phenoxy) is 1. The Labute approximate surface area is 124 Å².